The summed E-state index contributed by atoms with van der Waals surface area (Å²) in [4.78, 5) is 23.0. The van der Waals surface area contributed by atoms with Gasteiger partial charge in [0.2, 0.25) is 5.82 Å². The van der Waals surface area contributed by atoms with Crippen LogP contribution in [0.25, 0.3) is 0 Å². The number of rotatable bonds is 3. The Bertz CT molecular complexity index is 545. The van der Waals surface area contributed by atoms with E-state index >= 15 is 0 Å². The number of hydrogen-bond donors (Lipinski definition) is 3. The number of carbonyl (C=O) groups is 1. The van der Waals surface area contributed by atoms with E-state index in [1.807, 2.05) is 0 Å². The second-order valence-electron chi connectivity index (χ2n) is 4.92. The zero-order valence-corrected chi connectivity index (χ0v) is 11.5. The van der Waals surface area contributed by atoms with Crippen molar-refractivity contribution in [2.75, 3.05) is 18.0 Å². The molecular weight excluding hydrogens is 282 g/mol. The molecule has 2 heterocycles. The maximum absolute atomic E-state index is 11.0. The molecule has 0 saturated carbocycles. The van der Waals surface area contributed by atoms with Crippen molar-refractivity contribution in [3.63, 3.8) is 0 Å². The Labute approximate surface area is 120 Å². The number of aliphatic hydroxyl groups is 1. The van der Waals surface area contributed by atoms with Crippen LogP contribution in [0.4, 0.5) is 16.3 Å². The van der Waals surface area contributed by atoms with E-state index in [0.717, 1.165) is 0 Å². The molecule has 1 aliphatic heterocycles. The van der Waals surface area contributed by atoms with Gasteiger partial charge < -0.3 is 20.4 Å². The molecule has 2 unspecified atom stereocenters. The molecule has 2 atom stereocenters. The van der Waals surface area contributed by atoms with Gasteiger partial charge in [0.15, 0.2) is 0 Å². The van der Waals surface area contributed by atoms with E-state index in [-0.39, 0.29) is 5.69 Å². The summed E-state index contributed by atoms with van der Waals surface area (Å²) in [7, 11) is 1.61. The van der Waals surface area contributed by atoms with Crippen LogP contribution in [0.2, 0.25) is 0 Å². The average molecular weight is 299 g/mol. The first-order valence-corrected chi connectivity index (χ1v) is 6.49. The minimum atomic E-state index is -1.20. The van der Waals surface area contributed by atoms with Gasteiger partial charge in [0, 0.05) is 20.1 Å². The number of aryl methyl sites for hydroxylation is 1. The maximum Gasteiger partial charge on any atom is 0.404 e. The molecule has 0 spiro atoms. The van der Waals surface area contributed by atoms with Gasteiger partial charge in [-0.1, -0.05) is 0 Å². The highest BCUT2D eigenvalue weighted by Gasteiger charge is 2.30. The normalized spacial score (nSPS) is 22.7. The number of amides is 1. The molecule has 0 aromatic carbocycles. The number of hydrogen-bond acceptors (Lipinski definition) is 6. The number of nitrogens with one attached hydrogen (secondary N) is 1. The number of aliphatic hydroxyl groups excluding tert-OH is 1. The van der Waals surface area contributed by atoms with Crippen LogP contribution in [0, 0.1) is 10.1 Å². The largest absolute Gasteiger partial charge is 0.465 e. The smallest absolute Gasteiger partial charge is 0.404 e. The first-order chi connectivity index (χ1) is 9.90. The number of carboxylic acid groups (broad SMARTS) is 1. The lowest BCUT2D eigenvalue weighted by atomic mass is 10.1. The fourth-order valence-corrected chi connectivity index (χ4v) is 2.54. The molecular formula is C11H17N5O5. The van der Waals surface area contributed by atoms with Gasteiger partial charge >= 0.3 is 11.8 Å². The van der Waals surface area contributed by atoms with E-state index in [2.05, 4.69) is 10.4 Å². The Morgan fingerprint density at radius 2 is 2.19 bits per heavy atom. The quantitative estimate of drug-likeness (QED) is 0.525. The summed E-state index contributed by atoms with van der Waals surface area (Å²) >= 11 is 0. The van der Waals surface area contributed by atoms with E-state index in [0.29, 0.717) is 31.7 Å². The highest BCUT2D eigenvalue weighted by atomic mass is 16.6. The van der Waals surface area contributed by atoms with Gasteiger partial charge in [-0.2, -0.15) is 5.10 Å². The minimum Gasteiger partial charge on any atom is -0.465 e. The molecule has 116 valence electrons. The first kappa shape index (κ1) is 15.0. The third-order valence-corrected chi connectivity index (χ3v) is 3.56. The Morgan fingerprint density at radius 3 is 2.81 bits per heavy atom. The molecule has 0 bridgehead atoms. The molecule has 0 radical (unpaired) electrons. The van der Waals surface area contributed by atoms with Crippen LogP contribution in [-0.2, 0) is 7.05 Å². The molecule has 1 aromatic heterocycles. The van der Waals surface area contributed by atoms with Crippen LogP contribution in [0.3, 0.4) is 0 Å². The van der Waals surface area contributed by atoms with E-state index in [9.17, 15) is 20.0 Å². The Hall–Kier alpha value is -2.36. The fraction of sp³-hybridized carbons (Fsp3) is 0.636. The van der Waals surface area contributed by atoms with Gasteiger partial charge in [0.25, 0.3) is 0 Å². The summed E-state index contributed by atoms with van der Waals surface area (Å²) in [5, 5.41) is 35.9. The van der Waals surface area contributed by atoms with Gasteiger partial charge in [-0.15, -0.1) is 0 Å². The predicted octanol–water partition coefficient (Wildman–Crippen LogP) is -0.0744. The van der Waals surface area contributed by atoms with Crippen LogP contribution in [0.5, 0.6) is 0 Å². The van der Waals surface area contributed by atoms with Crippen molar-refractivity contribution in [3.05, 3.63) is 16.3 Å². The van der Waals surface area contributed by atoms with Gasteiger partial charge in [-0.3, -0.25) is 10.1 Å². The fourth-order valence-electron chi connectivity index (χ4n) is 2.54. The van der Waals surface area contributed by atoms with Crippen LogP contribution in [0.15, 0.2) is 6.20 Å². The second kappa shape index (κ2) is 5.95. The summed E-state index contributed by atoms with van der Waals surface area (Å²) in [6.07, 6.45) is -0.162. The van der Waals surface area contributed by atoms with Crippen molar-refractivity contribution < 1.29 is 19.9 Å². The SMILES string of the molecule is Cn1ncc([N+](=O)[O-])c1N1CCC(O)C(NC(=O)O)CC1. The summed E-state index contributed by atoms with van der Waals surface area (Å²) in [6.45, 7) is 0.779. The standard InChI is InChI=1S/C11H17N5O5/c1-14-10(8(6-12-14)16(20)21)15-4-2-7(13-11(18)19)9(17)3-5-15/h6-7,9,13,17H,2-5H2,1H3,(H,18,19). The Kier molecular flexibility index (Phi) is 4.26. The van der Waals surface area contributed by atoms with Crippen LogP contribution < -0.4 is 10.2 Å². The van der Waals surface area contributed by atoms with E-state index < -0.39 is 23.2 Å². The van der Waals surface area contributed by atoms with Crippen molar-refractivity contribution in [3.8, 4) is 0 Å². The molecule has 1 saturated heterocycles. The molecule has 1 fully saturated rings. The number of anilines is 1. The zero-order valence-electron chi connectivity index (χ0n) is 11.5. The molecule has 1 aliphatic rings. The third-order valence-electron chi connectivity index (χ3n) is 3.56. The Morgan fingerprint density at radius 1 is 1.52 bits per heavy atom. The average Bonchev–Trinajstić information content (AvgIpc) is 2.70. The van der Waals surface area contributed by atoms with Crippen LogP contribution in [-0.4, -0.2) is 56.2 Å². The van der Waals surface area contributed by atoms with Crippen molar-refractivity contribution in [2.24, 2.45) is 7.05 Å². The Balaban J connectivity index is 2.18. The molecule has 1 aromatic rings. The molecule has 0 aliphatic carbocycles. The van der Waals surface area contributed by atoms with Gasteiger partial charge in [0.1, 0.15) is 6.20 Å². The number of nitro groups is 1. The first-order valence-electron chi connectivity index (χ1n) is 6.49. The van der Waals surface area contributed by atoms with Crippen LogP contribution in [0.1, 0.15) is 12.8 Å². The van der Waals surface area contributed by atoms with Gasteiger partial charge in [0.05, 0.1) is 17.1 Å². The molecule has 10 nitrogen and oxygen atoms in total. The van der Waals surface area contributed by atoms with Gasteiger partial charge in [-0.25, -0.2) is 9.48 Å². The second-order valence-corrected chi connectivity index (χ2v) is 4.92. The molecule has 21 heavy (non-hydrogen) atoms. The zero-order chi connectivity index (χ0) is 15.6. The van der Waals surface area contributed by atoms with E-state index in [1.54, 1.807) is 11.9 Å². The lowest BCUT2D eigenvalue weighted by Crippen LogP contribution is -2.42. The predicted molar refractivity (Wildman–Crippen MR) is 72.3 cm³/mol. The summed E-state index contributed by atoms with van der Waals surface area (Å²) in [5.74, 6) is 0.364. The molecule has 1 amide bonds. The van der Waals surface area contributed by atoms with E-state index in [4.69, 9.17) is 5.11 Å². The van der Waals surface area contributed by atoms with Crippen LogP contribution >= 0.6 is 0 Å². The monoisotopic (exact) mass is 299 g/mol. The molecule has 2 rings (SSSR count). The topological polar surface area (TPSA) is 134 Å². The lowest BCUT2D eigenvalue weighted by molar-refractivity contribution is -0.384. The summed E-state index contributed by atoms with van der Waals surface area (Å²) < 4.78 is 1.41. The van der Waals surface area contributed by atoms with Crippen molar-refractivity contribution in [1.29, 1.82) is 0 Å². The highest BCUT2D eigenvalue weighted by molar-refractivity contribution is 5.65. The number of nitrogens with zero attached hydrogens (tertiary/aromatic N) is 4. The van der Waals surface area contributed by atoms with Gasteiger partial charge in [-0.05, 0) is 12.8 Å². The summed E-state index contributed by atoms with van der Waals surface area (Å²) in [6, 6.07) is -0.584. The lowest BCUT2D eigenvalue weighted by Gasteiger charge is -2.21. The molecule has 3 N–H and O–H groups in total. The minimum absolute atomic E-state index is 0.100. The van der Waals surface area contributed by atoms with Crippen molar-refractivity contribution >= 4 is 17.6 Å². The third kappa shape index (κ3) is 3.21. The maximum atomic E-state index is 11.0. The molecule has 10 heteroatoms. The highest BCUT2D eigenvalue weighted by Crippen LogP contribution is 2.29. The van der Waals surface area contributed by atoms with Crippen molar-refractivity contribution in [2.45, 2.75) is 25.0 Å². The van der Waals surface area contributed by atoms with E-state index in [1.165, 1.54) is 10.9 Å². The van der Waals surface area contributed by atoms with Crippen molar-refractivity contribution in [1.82, 2.24) is 15.1 Å². The summed E-state index contributed by atoms with van der Waals surface area (Å²) in [5.41, 5.74) is -0.100. The number of aromatic nitrogens is 2.